The fourth-order valence-electron chi connectivity index (χ4n) is 3.01. The molecular formula is C16H33N. The molecule has 17 heavy (non-hydrogen) atoms. The molecule has 1 aliphatic carbocycles. The van der Waals surface area contributed by atoms with Crippen molar-refractivity contribution in [3.63, 3.8) is 0 Å². The van der Waals surface area contributed by atoms with Crippen molar-refractivity contribution in [2.75, 3.05) is 6.54 Å². The Hall–Kier alpha value is -0.0400. The Morgan fingerprint density at radius 3 is 2.47 bits per heavy atom. The zero-order valence-corrected chi connectivity index (χ0v) is 12.7. The molecule has 0 bridgehead atoms. The van der Waals surface area contributed by atoms with Crippen LogP contribution in [0.25, 0.3) is 0 Å². The summed E-state index contributed by atoms with van der Waals surface area (Å²) in [6, 6.07) is 0.801. The maximum Gasteiger partial charge on any atom is 0.00697 e. The number of hydrogen-bond donors (Lipinski definition) is 1. The van der Waals surface area contributed by atoms with Gasteiger partial charge in [0.1, 0.15) is 0 Å². The van der Waals surface area contributed by atoms with Crippen molar-refractivity contribution in [2.45, 2.75) is 79.2 Å². The molecule has 1 rings (SSSR count). The minimum absolute atomic E-state index is 0.471. The van der Waals surface area contributed by atoms with Gasteiger partial charge in [-0.25, -0.2) is 0 Å². The van der Waals surface area contributed by atoms with Gasteiger partial charge >= 0.3 is 0 Å². The molecule has 0 radical (unpaired) electrons. The molecule has 1 nitrogen and oxygen atoms in total. The summed E-state index contributed by atoms with van der Waals surface area (Å²) in [5.41, 5.74) is 0.471. The van der Waals surface area contributed by atoms with Crippen molar-refractivity contribution in [3.05, 3.63) is 0 Å². The van der Waals surface area contributed by atoms with Crippen LogP contribution in [0.15, 0.2) is 0 Å². The number of nitrogens with one attached hydrogen (secondary N) is 1. The van der Waals surface area contributed by atoms with Crippen LogP contribution in [0.4, 0.5) is 0 Å². The van der Waals surface area contributed by atoms with Crippen LogP contribution in [-0.2, 0) is 0 Å². The summed E-state index contributed by atoms with van der Waals surface area (Å²) in [6.45, 7) is 12.9. The predicted octanol–water partition coefficient (Wildman–Crippen LogP) is 4.62. The van der Waals surface area contributed by atoms with Gasteiger partial charge in [0, 0.05) is 6.04 Å². The summed E-state index contributed by atoms with van der Waals surface area (Å²) in [5.74, 6) is 1.85. The largest absolute Gasteiger partial charge is 0.314 e. The summed E-state index contributed by atoms with van der Waals surface area (Å²) in [6.07, 6.45) is 8.44. The van der Waals surface area contributed by atoms with E-state index in [1.54, 1.807) is 0 Å². The van der Waals surface area contributed by atoms with E-state index in [0.717, 1.165) is 17.9 Å². The van der Waals surface area contributed by atoms with Crippen LogP contribution in [0.2, 0.25) is 0 Å². The highest BCUT2D eigenvalue weighted by atomic mass is 14.9. The molecule has 1 saturated carbocycles. The number of rotatable bonds is 5. The average Bonchev–Trinajstić information content (AvgIpc) is 2.15. The van der Waals surface area contributed by atoms with E-state index in [4.69, 9.17) is 0 Å². The summed E-state index contributed by atoms with van der Waals surface area (Å²) < 4.78 is 0. The van der Waals surface area contributed by atoms with Gasteiger partial charge in [-0.3, -0.25) is 0 Å². The Bertz CT molecular complexity index is 202. The maximum atomic E-state index is 3.78. The Balaban J connectivity index is 2.20. The van der Waals surface area contributed by atoms with Crippen LogP contribution in [-0.4, -0.2) is 12.6 Å². The standard InChI is InChI=1S/C16H33N/c1-13(2)11-14-7-6-8-15(12-14)17-10-9-16(3,4)5/h13-15,17H,6-12H2,1-5H3. The molecule has 1 aliphatic rings. The van der Waals surface area contributed by atoms with Gasteiger partial charge in [0.05, 0.1) is 0 Å². The zero-order chi connectivity index (χ0) is 12.9. The molecule has 0 aromatic heterocycles. The van der Waals surface area contributed by atoms with Crippen LogP contribution in [0.1, 0.15) is 73.1 Å². The lowest BCUT2D eigenvalue weighted by molar-refractivity contribution is 0.245. The quantitative estimate of drug-likeness (QED) is 0.738. The predicted molar refractivity (Wildman–Crippen MR) is 77.3 cm³/mol. The lowest BCUT2D eigenvalue weighted by Gasteiger charge is -2.31. The second-order valence-corrected chi connectivity index (χ2v) is 7.62. The van der Waals surface area contributed by atoms with E-state index in [-0.39, 0.29) is 0 Å². The highest BCUT2D eigenvalue weighted by molar-refractivity contribution is 4.79. The van der Waals surface area contributed by atoms with Gasteiger partial charge in [-0.15, -0.1) is 0 Å². The van der Waals surface area contributed by atoms with E-state index in [0.29, 0.717) is 5.41 Å². The molecule has 0 aliphatic heterocycles. The van der Waals surface area contributed by atoms with Gasteiger partial charge in [-0.2, -0.15) is 0 Å². The Kier molecular flexibility index (Phi) is 5.99. The second-order valence-electron chi connectivity index (χ2n) is 7.62. The molecule has 2 atom stereocenters. The van der Waals surface area contributed by atoms with Crippen LogP contribution in [0.5, 0.6) is 0 Å². The second kappa shape index (κ2) is 6.78. The van der Waals surface area contributed by atoms with E-state index in [1.165, 1.54) is 45.1 Å². The first-order valence-electron chi connectivity index (χ1n) is 7.60. The fraction of sp³-hybridized carbons (Fsp3) is 1.00. The van der Waals surface area contributed by atoms with Crippen molar-refractivity contribution in [2.24, 2.45) is 17.3 Å². The molecule has 1 heteroatoms. The molecular weight excluding hydrogens is 206 g/mol. The van der Waals surface area contributed by atoms with Gasteiger partial charge < -0.3 is 5.32 Å². The fourth-order valence-corrected chi connectivity index (χ4v) is 3.01. The zero-order valence-electron chi connectivity index (χ0n) is 12.7. The van der Waals surface area contributed by atoms with Crippen molar-refractivity contribution in [3.8, 4) is 0 Å². The minimum Gasteiger partial charge on any atom is -0.314 e. The minimum atomic E-state index is 0.471. The third-order valence-corrected chi connectivity index (χ3v) is 3.90. The summed E-state index contributed by atoms with van der Waals surface area (Å²) in [7, 11) is 0. The van der Waals surface area contributed by atoms with Gasteiger partial charge in [0.25, 0.3) is 0 Å². The van der Waals surface area contributed by atoms with Gasteiger partial charge in [-0.1, -0.05) is 47.5 Å². The van der Waals surface area contributed by atoms with Gasteiger partial charge in [0.2, 0.25) is 0 Å². The summed E-state index contributed by atoms with van der Waals surface area (Å²) in [4.78, 5) is 0. The van der Waals surface area contributed by atoms with E-state index in [2.05, 4.69) is 39.9 Å². The first-order valence-corrected chi connectivity index (χ1v) is 7.60. The highest BCUT2D eigenvalue weighted by Crippen LogP contribution is 2.29. The third-order valence-electron chi connectivity index (χ3n) is 3.90. The Morgan fingerprint density at radius 2 is 1.88 bits per heavy atom. The van der Waals surface area contributed by atoms with E-state index in [9.17, 15) is 0 Å². The van der Waals surface area contributed by atoms with Crippen molar-refractivity contribution >= 4 is 0 Å². The van der Waals surface area contributed by atoms with Crippen molar-refractivity contribution < 1.29 is 0 Å². The van der Waals surface area contributed by atoms with E-state index < -0.39 is 0 Å². The normalized spacial score (nSPS) is 26.5. The van der Waals surface area contributed by atoms with Crippen molar-refractivity contribution in [1.82, 2.24) is 5.32 Å². The smallest absolute Gasteiger partial charge is 0.00697 e. The van der Waals surface area contributed by atoms with Gasteiger partial charge in [0.15, 0.2) is 0 Å². The average molecular weight is 239 g/mol. The van der Waals surface area contributed by atoms with Crippen LogP contribution in [0, 0.1) is 17.3 Å². The molecule has 1 fully saturated rings. The van der Waals surface area contributed by atoms with E-state index >= 15 is 0 Å². The first kappa shape index (κ1) is 15.0. The lowest BCUT2D eigenvalue weighted by Crippen LogP contribution is -2.36. The Morgan fingerprint density at radius 1 is 1.18 bits per heavy atom. The van der Waals surface area contributed by atoms with Crippen LogP contribution in [0.3, 0.4) is 0 Å². The molecule has 102 valence electrons. The molecule has 0 aromatic carbocycles. The van der Waals surface area contributed by atoms with Gasteiger partial charge in [-0.05, 0) is 49.5 Å². The molecule has 0 heterocycles. The molecule has 0 amide bonds. The highest BCUT2D eigenvalue weighted by Gasteiger charge is 2.22. The molecule has 2 unspecified atom stereocenters. The molecule has 0 spiro atoms. The topological polar surface area (TPSA) is 12.0 Å². The summed E-state index contributed by atoms with van der Waals surface area (Å²) in [5, 5.41) is 3.78. The number of hydrogen-bond acceptors (Lipinski definition) is 1. The monoisotopic (exact) mass is 239 g/mol. The SMILES string of the molecule is CC(C)CC1CCCC(NCCC(C)(C)C)C1. The molecule has 0 aromatic rings. The molecule has 1 N–H and O–H groups in total. The van der Waals surface area contributed by atoms with Crippen LogP contribution < -0.4 is 5.32 Å². The Labute approximate surface area is 109 Å². The lowest BCUT2D eigenvalue weighted by atomic mass is 9.81. The summed E-state index contributed by atoms with van der Waals surface area (Å²) >= 11 is 0. The third kappa shape index (κ3) is 7.08. The van der Waals surface area contributed by atoms with Crippen molar-refractivity contribution in [1.29, 1.82) is 0 Å². The molecule has 0 saturated heterocycles. The van der Waals surface area contributed by atoms with Crippen LogP contribution >= 0.6 is 0 Å². The maximum absolute atomic E-state index is 3.78. The van der Waals surface area contributed by atoms with E-state index in [1.807, 2.05) is 0 Å². The first-order chi connectivity index (χ1) is 7.87.